The molecule has 0 saturated carbocycles. The molecule has 0 aliphatic rings. The number of hydrogen-bond donors (Lipinski definition) is 1. The second-order valence-corrected chi connectivity index (χ2v) is 4.59. The molecule has 0 spiro atoms. The van der Waals surface area contributed by atoms with Gasteiger partial charge in [-0.1, -0.05) is 12.1 Å². The van der Waals surface area contributed by atoms with Crippen LogP contribution in [0.15, 0.2) is 24.3 Å². The van der Waals surface area contributed by atoms with Crippen LogP contribution >= 0.6 is 0 Å². The van der Waals surface area contributed by atoms with Crippen LogP contribution in [0, 0.1) is 6.92 Å². The van der Waals surface area contributed by atoms with Gasteiger partial charge >= 0.3 is 0 Å². The van der Waals surface area contributed by atoms with Crippen LogP contribution < -0.4 is 4.74 Å². The van der Waals surface area contributed by atoms with Crippen molar-refractivity contribution in [2.24, 2.45) is 0 Å². The fraction of sp³-hybridized carbons (Fsp3) is 0.333. The van der Waals surface area contributed by atoms with Gasteiger partial charge in [0.2, 0.25) is 0 Å². The molecule has 0 aliphatic carbocycles. The minimum atomic E-state index is 0.178. The van der Waals surface area contributed by atoms with Crippen LogP contribution in [0.3, 0.4) is 0 Å². The molecular weight excluding hydrogens is 240 g/mol. The number of aromatic nitrogens is 2. The van der Waals surface area contributed by atoms with Crippen molar-refractivity contribution in [3.05, 3.63) is 35.8 Å². The molecule has 1 N–H and O–H groups in total. The van der Waals surface area contributed by atoms with Gasteiger partial charge in [-0.25, -0.2) is 4.98 Å². The predicted molar refractivity (Wildman–Crippen MR) is 74.3 cm³/mol. The fourth-order valence-electron chi connectivity index (χ4n) is 1.99. The molecule has 0 atom stereocenters. The van der Waals surface area contributed by atoms with E-state index in [1.165, 1.54) is 0 Å². The van der Waals surface area contributed by atoms with Crippen molar-refractivity contribution in [2.45, 2.75) is 26.7 Å². The number of rotatable bonds is 5. The maximum absolute atomic E-state index is 11.0. The highest BCUT2D eigenvalue weighted by Crippen LogP contribution is 2.25. The fourth-order valence-corrected chi connectivity index (χ4v) is 1.99. The zero-order chi connectivity index (χ0) is 13.8. The van der Waals surface area contributed by atoms with E-state index in [0.29, 0.717) is 12.8 Å². The first-order chi connectivity index (χ1) is 9.10. The Morgan fingerprint density at radius 1 is 1.42 bits per heavy atom. The summed E-state index contributed by atoms with van der Waals surface area (Å²) in [4.78, 5) is 18.8. The third-order valence-electron chi connectivity index (χ3n) is 2.99. The summed E-state index contributed by atoms with van der Waals surface area (Å²) in [5.41, 5.74) is 2.94. The van der Waals surface area contributed by atoms with Gasteiger partial charge in [0, 0.05) is 24.1 Å². The lowest BCUT2D eigenvalue weighted by atomic mass is 10.1. The smallest absolute Gasteiger partial charge is 0.130 e. The number of aryl methyl sites for hydroxylation is 2. The number of ketones is 1. The van der Waals surface area contributed by atoms with Crippen molar-refractivity contribution >= 4 is 5.78 Å². The molecule has 0 fully saturated rings. The van der Waals surface area contributed by atoms with Crippen LogP contribution in [0.25, 0.3) is 11.3 Å². The first-order valence-corrected chi connectivity index (χ1v) is 6.29. The van der Waals surface area contributed by atoms with E-state index in [2.05, 4.69) is 9.97 Å². The van der Waals surface area contributed by atoms with E-state index in [1.807, 2.05) is 31.2 Å². The van der Waals surface area contributed by atoms with Crippen molar-refractivity contribution in [1.82, 2.24) is 9.97 Å². The highest BCUT2D eigenvalue weighted by Gasteiger charge is 2.10. The van der Waals surface area contributed by atoms with Gasteiger partial charge in [0.15, 0.2) is 0 Å². The molecule has 0 bridgehead atoms. The van der Waals surface area contributed by atoms with Crippen LogP contribution in [0.4, 0.5) is 0 Å². The summed E-state index contributed by atoms with van der Waals surface area (Å²) < 4.78 is 5.22. The van der Waals surface area contributed by atoms with Gasteiger partial charge in [-0.15, -0.1) is 0 Å². The number of aromatic amines is 1. The maximum Gasteiger partial charge on any atom is 0.130 e. The minimum absolute atomic E-state index is 0.178. The van der Waals surface area contributed by atoms with Crippen molar-refractivity contribution < 1.29 is 9.53 Å². The number of Topliss-reactive ketones (excluding diaryl/α,β-unsaturated/α-hetero) is 1. The molecule has 0 amide bonds. The Morgan fingerprint density at radius 3 is 2.89 bits per heavy atom. The third kappa shape index (κ3) is 3.22. The molecule has 0 unspecified atom stereocenters. The van der Waals surface area contributed by atoms with E-state index in [-0.39, 0.29) is 5.78 Å². The van der Waals surface area contributed by atoms with E-state index in [9.17, 15) is 4.79 Å². The number of benzene rings is 1. The van der Waals surface area contributed by atoms with Gasteiger partial charge in [0.25, 0.3) is 0 Å². The van der Waals surface area contributed by atoms with E-state index in [1.54, 1.807) is 14.0 Å². The largest absolute Gasteiger partial charge is 0.497 e. The van der Waals surface area contributed by atoms with Crippen LogP contribution in [0.5, 0.6) is 5.75 Å². The standard InChI is InChI=1S/C15H18N2O2/c1-10(18)7-8-14-16-11(2)15(17-14)12-5-4-6-13(9-12)19-3/h4-6,9H,7-8H2,1-3H3,(H,16,17). The topological polar surface area (TPSA) is 55.0 Å². The highest BCUT2D eigenvalue weighted by molar-refractivity contribution is 5.75. The van der Waals surface area contributed by atoms with Crippen molar-refractivity contribution in [2.75, 3.05) is 7.11 Å². The monoisotopic (exact) mass is 258 g/mol. The summed E-state index contributed by atoms with van der Waals surface area (Å²) >= 11 is 0. The molecular formula is C15H18N2O2. The van der Waals surface area contributed by atoms with Gasteiger partial charge in [-0.3, -0.25) is 0 Å². The zero-order valence-electron chi connectivity index (χ0n) is 11.5. The molecule has 19 heavy (non-hydrogen) atoms. The summed E-state index contributed by atoms with van der Waals surface area (Å²) in [6.45, 7) is 3.58. The third-order valence-corrected chi connectivity index (χ3v) is 2.99. The molecule has 1 aromatic heterocycles. The number of hydrogen-bond acceptors (Lipinski definition) is 3. The summed E-state index contributed by atoms with van der Waals surface area (Å²) in [5, 5.41) is 0. The second-order valence-electron chi connectivity index (χ2n) is 4.59. The first kappa shape index (κ1) is 13.3. The lowest BCUT2D eigenvalue weighted by Crippen LogP contribution is -1.95. The van der Waals surface area contributed by atoms with Gasteiger partial charge in [-0.2, -0.15) is 0 Å². The maximum atomic E-state index is 11.0. The summed E-state index contributed by atoms with van der Waals surface area (Å²) in [6, 6.07) is 7.80. The minimum Gasteiger partial charge on any atom is -0.497 e. The molecule has 2 rings (SSSR count). The molecule has 0 aliphatic heterocycles. The number of carbonyl (C=O) groups excluding carboxylic acids is 1. The Kier molecular flexibility index (Phi) is 4.00. The normalized spacial score (nSPS) is 10.5. The van der Waals surface area contributed by atoms with Gasteiger partial charge < -0.3 is 14.5 Å². The first-order valence-electron chi connectivity index (χ1n) is 6.29. The number of methoxy groups -OCH3 is 1. The average Bonchev–Trinajstić information content (AvgIpc) is 2.78. The predicted octanol–water partition coefficient (Wildman–Crippen LogP) is 2.92. The highest BCUT2D eigenvalue weighted by atomic mass is 16.5. The second kappa shape index (κ2) is 5.69. The lowest BCUT2D eigenvalue weighted by molar-refractivity contribution is -0.117. The molecule has 100 valence electrons. The molecule has 4 nitrogen and oxygen atoms in total. The number of ether oxygens (including phenoxy) is 1. The molecule has 2 aromatic rings. The van der Waals surface area contributed by atoms with Crippen molar-refractivity contribution in [3.8, 4) is 17.0 Å². The van der Waals surface area contributed by atoms with E-state index < -0.39 is 0 Å². The zero-order valence-corrected chi connectivity index (χ0v) is 11.5. The Hall–Kier alpha value is -2.10. The Bertz CT molecular complexity index is 588. The number of H-pyrrole nitrogens is 1. The van der Waals surface area contributed by atoms with Crippen LogP contribution in [-0.2, 0) is 11.2 Å². The van der Waals surface area contributed by atoms with Gasteiger partial charge in [0.1, 0.15) is 17.4 Å². The van der Waals surface area contributed by atoms with Crippen LogP contribution in [-0.4, -0.2) is 22.9 Å². The number of nitrogens with zero attached hydrogens (tertiary/aromatic N) is 1. The summed E-state index contributed by atoms with van der Waals surface area (Å²) in [5.74, 6) is 1.84. The summed E-state index contributed by atoms with van der Waals surface area (Å²) in [6.07, 6.45) is 1.17. The van der Waals surface area contributed by atoms with Crippen LogP contribution in [0.2, 0.25) is 0 Å². The quantitative estimate of drug-likeness (QED) is 0.897. The van der Waals surface area contributed by atoms with E-state index in [0.717, 1.165) is 28.5 Å². The van der Waals surface area contributed by atoms with E-state index >= 15 is 0 Å². The molecule has 0 saturated heterocycles. The number of nitrogens with one attached hydrogen (secondary N) is 1. The van der Waals surface area contributed by atoms with E-state index in [4.69, 9.17) is 4.74 Å². The lowest BCUT2D eigenvalue weighted by Gasteiger charge is -2.02. The van der Waals surface area contributed by atoms with Gasteiger partial charge in [0.05, 0.1) is 12.8 Å². The average molecular weight is 258 g/mol. The molecule has 1 heterocycles. The Morgan fingerprint density at radius 2 is 2.21 bits per heavy atom. The molecule has 0 radical (unpaired) electrons. The Balaban J connectivity index is 2.26. The van der Waals surface area contributed by atoms with Gasteiger partial charge in [-0.05, 0) is 26.0 Å². The number of imidazole rings is 1. The SMILES string of the molecule is COc1cccc(-c2nc(CCC(C)=O)[nH]c2C)c1. The van der Waals surface area contributed by atoms with Crippen molar-refractivity contribution in [1.29, 1.82) is 0 Å². The Labute approximate surface area is 112 Å². The molecule has 4 heteroatoms. The summed E-state index contributed by atoms with van der Waals surface area (Å²) in [7, 11) is 1.65. The van der Waals surface area contributed by atoms with Crippen molar-refractivity contribution in [3.63, 3.8) is 0 Å². The number of carbonyl (C=O) groups is 1. The molecule has 1 aromatic carbocycles. The van der Waals surface area contributed by atoms with Crippen LogP contribution in [0.1, 0.15) is 24.9 Å².